The van der Waals surface area contributed by atoms with Gasteiger partial charge in [-0.2, -0.15) is 0 Å². The monoisotopic (exact) mass is 243 g/mol. The van der Waals surface area contributed by atoms with Crippen LogP contribution >= 0.6 is 15.9 Å². The first-order valence-corrected chi connectivity index (χ1v) is 4.58. The molecule has 0 heterocycles. The second-order valence-corrected chi connectivity index (χ2v) is 3.25. The Balaban J connectivity index is 2.76. The van der Waals surface area contributed by atoms with Gasteiger partial charge in [0.1, 0.15) is 12.0 Å². The molecule has 13 heavy (non-hydrogen) atoms. The number of rotatable bonds is 4. The first kappa shape index (κ1) is 10.1. The molecule has 0 fully saturated rings. The van der Waals surface area contributed by atoms with Crippen LogP contribution in [0, 0.1) is 0 Å². The van der Waals surface area contributed by atoms with Gasteiger partial charge >= 0.3 is 0 Å². The molecule has 1 aromatic rings. The summed E-state index contributed by atoms with van der Waals surface area (Å²) in [7, 11) is 1.61. The Bertz CT molecular complexity index is 302. The van der Waals surface area contributed by atoms with Crippen molar-refractivity contribution in [1.29, 1.82) is 0 Å². The van der Waals surface area contributed by atoms with E-state index in [4.69, 9.17) is 4.74 Å². The van der Waals surface area contributed by atoms with Gasteiger partial charge in [0, 0.05) is 5.69 Å². The van der Waals surface area contributed by atoms with E-state index in [0.29, 0.717) is 6.54 Å². The number of carbonyl (C=O) groups excluding carboxylic acids is 1. The van der Waals surface area contributed by atoms with Crippen LogP contribution < -0.4 is 10.1 Å². The van der Waals surface area contributed by atoms with Crippen LogP contribution in [0.5, 0.6) is 5.75 Å². The maximum Gasteiger partial charge on any atom is 0.139 e. The summed E-state index contributed by atoms with van der Waals surface area (Å²) >= 11 is 3.35. The third-order valence-corrected chi connectivity index (χ3v) is 2.16. The highest BCUT2D eigenvalue weighted by molar-refractivity contribution is 9.10. The normalized spacial score (nSPS) is 9.38. The summed E-state index contributed by atoms with van der Waals surface area (Å²) in [6.07, 6.45) is 0.818. The molecular weight excluding hydrogens is 234 g/mol. The molecule has 0 atom stereocenters. The molecule has 70 valence electrons. The van der Waals surface area contributed by atoms with Gasteiger partial charge in [-0.1, -0.05) is 0 Å². The summed E-state index contributed by atoms with van der Waals surface area (Å²) in [6.45, 7) is 0.318. The van der Waals surface area contributed by atoms with Crippen LogP contribution in [-0.2, 0) is 4.79 Å². The van der Waals surface area contributed by atoms with Crippen LogP contribution in [0.4, 0.5) is 5.69 Å². The molecule has 0 aromatic heterocycles. The van der Waals surface area contributed by atoms with E-state index < -0.39 is 0 Å². The number of anilines is 1. The lowest BCUT2D eigenvalue weighted by Crippen LogP contribution is -2.01. The summed E-state index contributed by atoms with van der Waals surface area (Å²) in [6, 6.07) is 5.55. The molecule has 0 radical (unpaired) electrons. The van der Waals surface area contributed by atoms with Crippen molar-refractivity contribution in [2.75, 3.05) is 19.0 Å². The van der Waals surface area contributed by atoms with Gasteiger partial charge in [0.05, 0.1) is 18.1 Å². The maximum absolute atomic E-state index is 10.1. The Labute approximate surface area is 85.2 Å². The first-order chi connectivity index (χ1) is 6.27. The Morgan fingerprint density at radius 2 is 2.38 bits per heavy atom. The number of aldehydes is 1. The van der Waals surface area contributed by atoms with Gasteiger partial charge in [0.2, 0.25) is 0 Å². The fourth-order valence-corrected chi connectivity index (χ4v) is 1.48. The van der Waals surface area contributed by atoms with Crippen molar-refractivity contribution in [3.8, 4) is 5.75 Å². The molecule has 4 heteroatoms. The number of carbonyl (C=O) groups is 1. The summed E-state index contributed by atoms with van der Waals surface area (Å²) < 4.78 is 5.93. The molecular formula is C9H10BrNO2. The number of hydrogen-bond donors (Lipinski definition) is 1. The van der Waals surface area contributed by atoms with Gasteiger partial charge in [0.25, 0.3) is 0 Å². The predicted molar refractivity (Wildman–Crippen MR) is 55.2 cm³/mol. The second-order valence-electron chi connectivity index (χ2n) is 2.40. The molecule has 0 saturated carbocycles. The largest absolute Gasteiger partial charge is 0.496 e. The predicted octanol–water partition coefficient (Wildman–Crippen LogP) is 2.07. The molecule has 0 aliphatic carbocycles. The van der Waals surface area contributed by atoms with E-state index in [9.17, 15) is 4.79 Å². The number of halogens is 1. The second kappa shape index (κ2) is 4.87. The van der Waals surface area contributed by atoms with Gasteiger partial charge in [-0.25, -0.2) is 0 Å². The minimum atomic E-state index is 0.318. The lowest BCUT2D eigenvalue weighted by Gasteiger charge is -2.06. The number of hydrogen-bond acceptors (Lipinski definition) is 3. The van der Waals surface area contributed by atoms with Crippen molar-refractivity contribution in [2.45, 2.75) is 0 Å². The van der Waals surface area contributed by atoms with E-state index in [0.717, 1.165) is 22.2 Å². The van der Waals surface area contributed by atoms with Gasteiger partial charge in [0.15, 0.2) is 0 Å². The average molecular weight is 244 g/mol. The van der Waals surface area contributed by atoms with Gasteiger partial charge in [-0.05, 0) is 34.1 Å². The van der Waals surface area contributed by atoms with Crippen molar-refractivity contribution in [1.82, 2.24) is 0 Å². The third-order valence-electron chi connectivity index (χ3n) is 1.54. The van der Waals surface area contributed by atoms with Crippen LogP contribution in [-0.4, -0.2) is 19.9 Å². The van der Waals surface area contributed by atoms with Crippen LogP contribution in [0.15, 0.2) is 22.7 Å². The minimum absolute atomic E-state index is 0.318. The number of nitrogens with one attached hydrogen (secondary N) is 1. The van der Waals surface area contributed by atoms with Gasteiger partial charge < -0.3 is 14.8 Å². The number of ether oxygens (including phenoxy) is 1. The third kappa shape index (κ3) is 2.73. The minimum Gasteiger partial charge on any atom is -0.496 e. The highest BCUT2D eigenvalue weighted by Crippen LogP contribution is 2.27. The zero-order valence-corrected chi connectivity index (χ0v) is 8.80. The first-order valence-electron chi connectivity index (χ1n) is 3.79. The molecule has 1 rings (SSSR count). The summed E-state index contributed by atoms with van der Waals surface area (Å²) in [5.41, 5.74) is 0.889. The average Bonchev–Trinajstić information content (AvgIpc) is 2.15. The molecule has 1 N–H and O–H groups in total. The molecule has 0 saturated heterocycles. The van der Waals surface area contributed by atoms with Crippen molar-refractivity contribution in [3.63, 3.8) is 0 Å². The van der Waals surface area contributed by atoms with Gasteiger partial charge in [-0.3, -0.25) is 0 Å². The number of benzene rings is 1. The molecule has 0 unspecified atom stereocenters. The van der Waals surface area contributed by atoms with Gasteiger partial charge in [-0.15, -0.1) is 0 Å². The summed E-state index contributed by atoms with van der Waals surface area (Å²) in [5, 5.41) is 2.93. The summed E-state index contributed by atoms with van der Waals surface area (Å²) in [5.74, 6) is 0.775. The highest BCUT2D eigenvalue weighted by Gasteiger charge is 1.99. The smallest absolute Gasteiger partial charge is 0.139 e. The van der Waals surface area contributed by atoms with Crippen LogP contribution in [0.2, 0.25) is 0 Å². The van der Waals surface area contributed by atoms with Crippen LogP contribution in [0.3, 0.4) is 0 Å². The van der Waals surface area contributed by atoms with E-state index >= 15 is 0 Å². The molecule has 0 bridgehead atoms. The number of methoxy groups -OCH3 is 1. The molecule has 0 aliphatic rings. The molecule has 0 amide bonds. The fraction of sp³-hybridized carbons (Fsp3) is 0.222. The Morgan fingerprint density at radius 1 is 1.62 bits per heavy atom. The van der Waals surface area contributed by atoms with Crippen molar-refractivity contribution < 1.29 is 9.53 Å². The highest BCUT2D eigenvalue weighted by atomic mass is 79.9. The summed E-state index contributed by atoms with van der Waals surface area (Å²) in [4.78, 5) is 10.1. The van der Waals surface area contributed by atoms with Crippen molar-refractivity contribution in [3.05, 3.63) is 22.7 Å². The van der Waals surface area contributed by atoms with Crippen molar-refractivity contribution in [2.24, 2.45) is 0 Å². The van der Waals surface area contributed by atoms with E-state index in [-0.39, 0.29) is 0 Å². The van der Waals surface area contributed by atoms with Crippen LogP contribution in [0.1, 0.15) is 0 Å². The molecule has 3 nitrogen and oxygen atoms in total. The molecule has 1 aromatic carbocycles. The zero-order chi connectivity index (χ0) is 9.68. The van der Waals surface area contributed by atoms with E-state index in [1.165, 1.54) is 0 Å². The Morgan fingerprint density at radius 3 is 2.92 bits per heavy atom. The fourth-order valence-electron chi connectivity index (χ4n) is 0.936. The lowest BCUT2D eigenvalue weighted by atomic mass is 10.3. The van der Waals surface area contributed by atoms with E-state index in [1.807, 2.05) is 18.2 Å². The Kier molecular flexibility index (Phi) is 3.76. The topological polar surface area (TPSA) is 38.3 Å². The lowest BCUT2D eigenvalue weighted by molar-refractivity contribution is -0.106. The maximum atomic E-state index is 10.1. The van der Waals surface area contributed by atoms with E-state index in [2.05, 4.69) is 21.2 Å². The Hall–Kier alpha value is -1.03. The molecule has 0 spiro atoms. The van der Waals surface area contributed by atoms with E-state index in [1.54, 1.807) is 7.11 Å². The van der Waals surface area contributed by atoms with Crippen molar-refractivity contribution >= 4 is 27.9 Å². The molecule has 0 aliphatic heterocycles. The zero-order valence-electron chi connectivity index (χ0n) is 7.21. The SMILES string of the molecule is COc1ccc(NCC=O)cc1Br. The van der Waals surface area contributed by atoms with Crippen LogP contribution in [0.25, 0.3) is 0 Å². The standard InChI is InChI=1S/C9H10BrNO2/c1-13-9-3-2-7(6-8(9)10)11-4-5-12/h2-3,5-6,11H,4H2,1H3. The quantitative estimate of drug-likeness (QED) is 0.824.